The Balaban J connectivity index is 1.57. The van der Waals surface area contributed by atoms with Gasteiger partial charge in [0.1, 0.15) is 11.2 Å². The molecule has 6 nitrogen and oxygen atoms in total. The van der Waals surface area contributed by atoms with Crippen LogP contribution in [0.4, 0.5) is 5.69 Å². The maximum Gasteiger partial charge on any atom is 0.268 e. The molecule has 0 radical (unpaired) electrons. The molecule has 0 atom stereocenters. The predicted molar refractivity (Wildman–Crippen MR) is 104 cm³/mol. The van der Waals surface area contributed by atoms with Crippen LogP contribution in [0.25, 0.3) is 33.5 Å². The molecule has 0 unspecified atom stereocenters. The van der Waals surface area contributed by atoms with Gasteiger partial charge < -0.3 is 20.0 Å². The van der Waals surface area contributed by atoms with Crippen LogP contribution < -0.4 is 11.1 Å². The Hall–Kier alpha value is -3.28. The molecule has 1 fully saturated rings. The van der Waals surface area contributed by atoms with Gasteiger partial charge in [-0.05, 0) is 55.7 Å². The number of nitrogens with one attached hydrogen (secondary N) is 1. The topological polar surface area (TPSA) is 86.1 Å². The van der Waals surface area contributed by atoms with Crippen molar-refractivity contribution >= 4 is 33.6 Å². The Morgan fingerprint density at radius 3 is 2.85 bits per heavy atom. The Labute approximate surface area is 155 Å². The molecule has 3 N–H and O–H groups in total. The van der Waals surface area contributed by atoms with E-state index < -0.39 is 0 Å². The summed E-state index contributed by atoms with van der Waals surface area (Å²) < 4.78 is 8.18. The van der Waals surface area contributed by atoms with Crippen molar-refractivity contribution in [1.29, 1.82) is 0 Å². The zero-order chi connectivity index (χ0) is 18.2. The lowest BCUT2D eigenvalue weighted by Gasteiger charge is -2.47. The number of aromatic nitrogens is 2. The first-order valence-corrected chi connectivity index (χ1v) is 9.24. The Bertz CT molecular complexity index is 1250. The number of amides is 1. The summed E-state index contributed by atoms with van der Waals surface area (Å²) in [5.74, 6) is 0.568. The first-order valence-electron chi connectivity index (χ1n) is 9.24. The van der Waals surface area contributed by atoms with Crippen LogP contribution in [0.2, 0.25) is 0 Å². The Kier molecular flexibility index (Phi) is 2.70. The number of nitrogens with two attached hydrogens (primary N) is 1. The van der Waals surface area contributed by atoms with Crippen molar-refractivity contribution in [3.8, 4) is 11.5 Å². The summed E-state index contributed by atoms with van der Waals surface area (Å²) in [6.07, 6.45) is 3.38. The number of carbonyl (C=O) groups is 1. The van der Waals surface area contributed by atoms with Gasteiger partial charge >= 0.3 is 0 Å². The first-order chi connectivity index (χ1) is 13.1. The van der Waals surface area contributed by atoms with Crippen LogP contribution >= 0.6 is 0 Å². The third kappa shape index (κ3) is 1.95. The van der Waals surface area contributed by atoms with Gasteiger partial charge in [-0.3, -0.25) is 4.79 Å². The van der Waals surface area contributed by atoms with E-state index in [1.165, 1.54) is 6.42 Å². The SMILES string of the molecule is Nc1ccc2oc(-c3ccc4cc5n(c4c3)C3(CCC3)CNC5=O)nc2c1. The summed E-state index contributed by atoms with van der Waals surface area (Å²) >= 11 is 0. The molecule has 1 spiro atoms. The number of carbonyl (C=O) groups excluding carboxylic acids is 1. The van der Waals surface area contributed by atoms with E-state index in [0.29, 0.717) is 23.7 Å². The monoisotopic (exact) mass is 358 g/mol. The lowest BCUT2D eigenvalue weighted by atomic mass is 9.75. The normalized spacial score (nSPS) is 17.9. The summed E-state index contributed by atoms with van der Waals surface area (Å²) in [7, 11) is 0. The molecule has 0 bridgehead atoms. The van der Waals surface area contributed by atoms with E-state index >= 15 is 0 Å². The highest BCUT2D eigenvalue weighted by atomic mass is 16.3. The van der Waals surface area contributed by atoms with Gasteiger partial charge in [-0.2, -0.15) is 0 Å². The minimum Gasteiger partial charge on any atom is -0.436 e. The Morgan fingerprint density at radius 1 is 1.15 bits per heavy atom. The fraction of sp³-hybridized carbons (Fsp3) is 0.238. The van der Waals surface area contributed by atoms with Crippen LogP contribution in [0, 0.1) is 0 Å². The number of nitrogens with zero attached hydrogens (tertiary/aromatic N) is 2. The molecular weight excluding hydrogens is 340 g/mol. The maximum absolute atomic E-state index is 12.4. The molecule has 1 aliphatic heterocycles. The number of oxazole rings is 1. The van der Waals surface area contributed by atoms with E-state index in [0.717, 1.165) is 40.5 Å². The highest BCUT2D eigenvalue weighted by Crippen LogP contribution is 2.44. The fourth-order valence-electron chi connectivity index (χ4n) is 4.48. The predicted octanol–water partition coefficient (Wildman–Crippen LogP) is 3.65. The summed E-state index contributed by atoms with van der Waals surface area (Å²) in [4.78, 5) is 17.0. The second kappa shape index (κ2) is 4.91. The number of hydrogen-bond donors (Lipinski definition) is 2. The zero-order valence-electron chi connectivity index (χ0n) is 14.7. The van der Waals surface area contributed by atoms with E-state index in [-0.39, 0.29) is 11.4 Å². The third-order valence-corrected chi connectivity index (χ3v) is 6.03. The summed E-state index contributed by atoms with van der Waals surface area (Å²) in [5, 5.41) is 4.13. The van der Waals surface area contributed by atoms with Gasteiger partial charge in [0.25, 0.3) is 5.91 Å². The van der Waals surface area contributed by atoms with Gasteiger partial charge in [-0.1, -0.05) is 6.07 Å². The lowest BCUT2D eigenvalue weighted by Crippen LogP contribution is -2.55. The van der Waals surface area contributed by atoms with Gasteiger partial charge in [0.15, 0.2) is 5.58 Å². The smallest absolute Gasteiger partial charge is 0.268 e. The van der Waals surface area contributed by atoms with Gasteiger partial charge in [0.05, 0.1) is 11.1 Å². The van der Waals surface area contributed by atoms with Gasteiger partial charge in [-0.15, -0.1) is 0 Å². The van der Waals surface area contributed by atoms with Crippen molar-refractivity contribution in [2.45, 2.75) is 24.8 Å². The Morgan fingerprint density at radius 2 is 2.04 bits per heavy atom. The number of anilines is 1. The van der Waals surface area contributed by atoms with Crippen LogP contribution in [-0.4, -0.2) is 22.0 Å². The molecule has 1 saturated carbocycles. The summed E-state index contributed by atoms with van der Waals surface area (Å²) in [6, 6.07) is 13.6. The molecule has 1 amide bonds. The van der Waals surface area contributed by atoms with Crippen molar-refractivity contribution in [2.24, 2.45) is 0 Å². The number of hydrogen-bond acceptors (Lipinski definition) is 4. The van der Waals surface area contributed by atoms with Gasteiger partial charge in [0, 0.05) is 23.2 Å². The van der Waals surface area contributed by atoms with Crippen LogP contribution in [0.5, 0.6) is 0 Å². The second-order valence-electron chi connectivity index (χ2n) is 7.65. The van der Waals surface area contributed by atoms with E-state index in [9.17, 15) is 4.79 Å². The van der Waals surface area contributed by atoms with Crippen molar-refractivity contribution in [3.63, 3.8) is 0 Å². The quantitative estimate of drug-likeness (QED) is 0.509. The molecule has 2 aliphatic rings. The van der Waals surface area contributed by atoms with Crippen molar-refractivity contribution in [2.75, 3.05) is 12.3 Å². The van der Waals surface area contributed by atoms with E-state index in [1.54, 1.807) is 0 Å². The average molecular weight is 358 g/mol. The number of benzene rings is 2. The highest BCUT2D eigenvalue weighted by molar-refractivity contribution is 6.00. The molecule has 134 valence electrons. The summed E-state index contributed by atoms with van der Waals surface area (Å²) in [6.45, 7) is 0.703. The van der Waals surface area contributed by atoms with Crippen LogP contribution in [0.1, 0.15) is 29.8 Å². The lowest BCUT2D eigenvalue weighted by molar-refractivity contribution is 0.0763. The third-order valence-electron chi connectivity index (χ3n) is 6.03. The molecule has 6 heteroatoms. The van der Waals surface area contributed by atoms with Crippen LogP contribution in [0.15, 0.2) is 46.9 Å². The highest BCUT2D eigenvalue weighted by Gasteiger charge is 2.44. The van der Waals surface area contributed by atoms with Crippen molar-refractivity contribution in [1.82, 2.24) is 14.9 Å². The van der Waals surface area contributed by atoms with Gasteiger partial charge in [-0.25, -0.2) is 4.98 Å². The van der Waals surface area contributed by atoms with Crippen LogP contribution in [-0.2, 0) is 5.54 Å². The molecule has 1 aliphatic carbocycles. The maximum atomic E-state index is 12.4. The fourth-order valence-corrected chi connectivity index (χ4v) is 4.48. The molecule has 2 aromatic carbocycles. The molecule has 6 rings (SSSR count). The van der Waals surface area contributed by atoms with Crippen LogP contribution in [0.3, 0.4) is 0 Å². The van der Waals surface area contributed by atoms with Gasteiger partial charge in [0.2, 0.25) is 5.89 Å². The number of fused-ring (bicyclic) bond motifs is 5. The molecule has 27 heavy (non-hydrogen) atoms. The minimum absolute atomic E-state index is 0.00242. The van der Waals surface area contributed by atoms with Crippen molar-refractivity contribution < 1.29 is 9.21 Å². The second-order valence-corrected chi connectivity index (χ2v) is 7.65. The van der Waals surface area contributed by atoms with E-state index in [2.05, 4.69) is 20.9 Å². The summed E-state index contributed by atoms with van der Waals surface area (Å²) in [5.41, 5.74) is 10.7. The number of rotatable bonds is 1. The number of nitrogen functional groups attached to an aromatic ring is 1. The largest absolute Gasteiger partial charge is 0.436 e. The molecular formula is C21H18N4O2. The average Bonchev–Trinajstić information content (AvgIpc) is 3.22. The standard InChI is InChI=1S/C21H18N4O2/c22-14-4-5-18-15(10-14)24-20(27-18)13-3-2-12-8-17-19(26)23-11-21(6-1-7-21)25(17)16(12)9-13/h2-5,8-10H,1,6-7,11,22H2,(H,23,26). The molecule has 3 heterocycles. The zero-order valence-corrected chi connectivity index (χ0v) is 14.7. The van der Waals surface area contributed by atoms with Crippen molar-refractivity contribution in [3.05, 3.63) is 48.2 Å². The molecule has 4 aromatic rings. The van der Waals surface area contributed by atoms with E-state index in [4.69, 9.17) is 10.2 Å². The minimum atomic E-state index is 0.00242. The first kappa shape index (κ1) is 14.8. The van der Waals surface area contributed by atoms with E-state index in [1.807, 2.05) is 36.4 Å². The molecule has 2 aromatic heterocycles. The molecule has 0 saturated heterocycles.